The van der Waals surface area contributed by atoms with Gasteiger partial charge in [0.2, 0.25) is 11.0 Å². The average molecular weight is 401 g/mol. The molecule has 1 aromatic carbocycles. The molecule has 0 radical (unpaired) electrons. The molecule has 1 unspecified atom stereocenters. The van der Waals surface area contributed by atoms with Crippen molar-refractivity contribution in [1.82, 2.24) is 14.3 Å². The Bertz CT molecular complexity index is 816. The van der Waals surface area contributed by atoms with Gasteiger partial charge >= 0.3 is 0 Å². The minimum absolute atomic E-state index is 0.0778. The van der Waals surface area contributed by atoms with Gasteiger partial charge in [0.1, 0.15) is 17.6 Å². The van der Waals surface area contributed by atoms with Crippen LogP contribution in [0.3, 0.4) is 0 Å². The molecule has 1 aromatic heterocycles. The van der Waals surface area contributed by atoms with E-state index in [1.165, 1.54) is 11.5 Å². The van der Waals surface area contributed by atoms with Crippen LogP contribution in [0.5, 0.6) is 5.75 Å². The molecule has 2 saturated heterocycles. The number of benzene rings is 1. The lowest BCUT2D eigenvalue weighted by Gasteiger charge is -2.34. The third kappa shape index (κ3) is 4.14. The third-order valence-electron chi connectivity index (χ3n) is 5.83. The Kier molecular flexibility index (Phi) is 5.80. The second kappa shape index (κ2) is 8.47. The quantitative estimate of drug-likeness (QED) is 0.770. The molecule has 3 heterocycles. The van der Waals surface area contributed by atoms with E-state index in [1.54, 1.807) is 7.11 Å². The van der Waals surface area contributed by atoms with Crippen molar-refractivity contribution in [2.75, 3.05) is 31.6 Å². The molecule has 1 amide bonds. The number of rotatable bonds is 5. The van der Waals surface area contributed by atoms with E-state index < -0.39 is 0 Å². The molecule has 2 aliphatic heterocycles. The molecule has 0 N–H and O–H groups in total. The predicted molar refractivity (Wildman–Crippen MR) is 111 cm³/mol. The molecule has 2 fully saturated rings. The fourth-order valence-corrected chi connectivity index (χ4v) is 4.85. The molecule has 7 heteroatoms. The van der Waals surface area contributed by atoms with Crippen LogP contribution < -0.4 is 9.64 Å². The lowest BCUT2D eigenvalue weighted by Crippen LogP contribution is -2.48. The van der Waals surface area contributed by atoms with Crippen molar-refractivity contribution in [3.05, 3.63) is 35.7 Å². The maximum absolute atomic E-state index is 13.1. The van der Waals surface area contributed by atoms with Crippen LogP contribution >= 0.6 is 11.5 Å². The summed E-state index contributed by atoms with van der Waals surface area (Å²) in [5, 5.41) is 0.874. The van der Waals surface area contributed by atoms with Crippen LogP contribution in [0.2, 0.25) is 0 Å². The number of ether oxygens (including phenoxy) is 1. The number of aromatic nitrogens is 2. The molecule has 1 atom stereocenters. The number of anilines is 1. The van der Waals surface area contributed by atoms with Crippen LogP contribution in [0.1, 0.15) is 44.0 Å². The van der Waals surface area contributed by atoms with E-state index in [9.17, 15) is 4.79 Å². The summed E-state index contributed by atoms with van der Waals surface area (Å²) in [7, 11) is 1.67. The number of carbonyl (C=O) groups excluding carboxylic acids is 1. The molecule has 2 aliphatic rings. The number of methoxy groups -OCH3 is 1. The van der Waals surface area contributed by atoms with Gasteiger partial charge in [-0.1, -0.05) is 19.1 Å². The summed E-state index contributed by atoms with van der Waals surface area (Å²) < 4.78 is 9.85. The number of amides is 1. The highest BCUT2D eigenvalue weighted by Gasteiger charge is 2.36. The van der Waals surface area contributed by atoms with E-state index in [-0.39, 0.29) is 11.9 Å². The van der Waals surface area contributed by atoms with E-state index in [0.29, 0.717) is 6.42 Å². The van der Waals surface area contributed by atoms with E-state index in [4.69, 9.17) is 9.72 Å². The molecule has 0 aliphatic carbocycles. The van der Waals surface area contributed by atoms with E-state index in [1.807, 2.05) is 18.2 Å². The molecular weight excluding hydrogens is 372 g/mol. The summed E-state index contributed by atoms with van der Waals surface area (Å²) in [5.41, 5.74) is 1.13. The standard InChI is InChI=1S/C21H28N4O2S/c1-15-8-11-24(12-9-15)20(26)18-7-4-10-25(18)21-22-19(23-28-21)14-16-5-3-6-17(13-16)27-2/h3,5-6,13,15,18H,4,7-12,14H2,1-2H3. The number of nitrogens with zero attached hydrogens (tertiary/aromatic N) is 4. The van der Waals surface area contributed by atoms with Crippen molar-refractivity contribution in [1.29, 1.82) is 0 Å². The van der Waals surface area contributed by atoms with Gasteiger partial charge in [-0.05, 0) is 49.3 Å². The molecule has 0 saturated carbocycles. The normalized spacial score (nSPS) is 20.6. The Morgan fingerprint density at radius 1 is 1.25 bits per heavy atom. The highest BCUT2D eigenvalue weighted by molar-refractivity contribution is 7.09. The number of carbonyl (C=O) groups is 1. The number of likely N-dealkylation sites (tertiary alicyclic amines) is 1. The average Bonchev–Trinajstić information content (AvgIpc) is 3.37. The molecule has 0 spiro atoms. The lowest BCUT2D eigenvalue weighted by atomic mass is 9.98. The van der Waals surface area contributed by atoms with Gasteiger partial charge in [0.25, 0.3) is 0 Å². The van der Waals surface area contributed by atoms with Crippen molar-refractivity contribution in [2.24, 2.45) is 5.92 Å². The first kappa shape index (κ1) is 19.2. The monoisotopic (exact) mass is 400 g/mol. The Hall–Kier alpha value is -2.15. The Balaban J connectivity index is 1.44. The number of piperidine rings is 1. The van der Waals surface area contributed by atoms with Gasteiger partial charge in [-0.3, -0.25) is 4.79 Å². The van der Waals surface area contributed by atoms with Crippen LogP contribution in [0.25, 0.3) is 0 Å². The highest BCUT2D eigenvalue weighted by Crippen LogP contribution is 2.30. The fraction of sp³-hybridized carbons (Fsp3) is 0.571. The zero-order chi connectivity index (χ0) is 19.5. The first-order chi connectivity index (χ1) is 13.6. The van der Waals surface area contributed by atoms with Crippen molar-refractivity contribution in [2.45, 2.75) is 45.1 Å². The molecule has 150 valence electrons. The fourth-order valence-electron chi connectivity index (χ4n) is 4.09. The van der Waals surface area contributed by atoms with Crippen molar-refractivity contribution >= 4 is 22.6 Å². The maximum Gasteiger partial charge on any atom is 0.245 e. The zero-order valence-corrected chi connectivity index (χ0v) is 17.5. The summed E-state index contributed by atoms with van der Waals surface area (Å²) in [6.07, 6.45) is 4.84. The Morgan fingerprint density at radius 2 is 2.07 bits per heavy atom. The van der Waals surface area contributed by atoms with E-state index in [0.717, 1.165) is 73.5 Å². The van der Waals surface area contributed by atoms with Crippen molar-refractivity contribution < 1.29 is 9.53 Å². The first-order valence-electron chi connectivity index (χ1n) is 10.1. The summed E-state index contributed by atoms with van der Waals surface area (Å²) >= 11 is 1.41. The Morgan fingerprint density at radius 3 is 2.86 bits per heavy atom. The van der Waals surface area contributed by atoms with Crippen LogP contribution in [-0.2, 0) is 11.2 Å². The van der Waals surface area contributed by atoms with E-state index >= 15 is 0 Å². The summed E-state index contributed by atoms with van der Waals surface area (Å²) in [5.74, 6) is 2.65. The highest BCUT2D eigenvalue weighted by atomic mass is 32.1. The van der Waals surface area contributed by atoms with Gasteiger partial charge in [-0.2, -0.15) is 4.37 Å². The van der Waals surface area contributed by atoms with Crippen LogP contribution in [0, 0.1) is 5.92 Å². The summed E-state index contributed by atoms with van der Waals surface area (Å²) in [4.78, 5) is 22.1. The molecule has 0 bridgehead atoms. The van der Waals surface area contributed by atoms with E-state index in [2.05, 4.69) is 27.2 Å². The molecule has 28 heavy (non-hydrogen) atoms. The van der Waals surface area contributed by atoms with Crippen LogP contribution in [0.4, 0.5) is 5.13 Å². The molecule has 4 rings (SSSR count). The second-order valence-corrected chi connectivity index (χ2v) is 8.61. The molecule has 6 nitrogen and oxygen atoms in total. The smallest absolute Gasteiger partial charge is 0.245 e. The van der Waals surface area contributed by atoms with Gasteiger partial charge in [0, 0.05) is 37.6 Å². The Labute approximate surface area is 170 Å². The minimum Gasteiger partial charge on any atom is -0.497 e. The summed E-state index contributed by atoms with van der Waals surface area (Å²) in [6.45, 7) is 4.94. The maximum atomic E-state index is 13.1. The predicted octanol–water partition coefficient (Wildman–Crippen LogP) is 3.36. The zero-order valence-electron chi connectivity index (χ0n) is 16.6. The molecule has 2 aromatic rings. The molecular formula is C21H28N4O2S. The number of hydrogen-bond acceptors (Lipinski definition) is 6. The van der Waals surface area contributed by atoms with Gasteiger partial charge in [-0.25, -0.2) is 4.98 Å². The van der Waals surface area contributed by atoms with Gasteiger partial charge in [-0.15, -0.1) is 0 Å². The van der Waals surface area contributed by atoms with Crippen molar-refractivity contribution in [3.8, 4) is 5.75 Å². The van der Waals surface area contributed by atoms with Crippen LogP contribution in [-0.4, -0.2) is 53.0 Å². The largest absolute Gasteiger partial charge is 0.497 e. The van der Waals surface area contributed by atoms with Gasteiger partial charge < -0.3 is 14.5 Å². The SMILES string of the molecule is COc1cccc(Cc2nsc(N3CCCC3C(=O)N3CCC(C)CC3)n2)c1. The van der Waals surface area contributed by atoms with Gasteiger partial charge in [0.15, 0.2) is 0 Å². The third-order valence-corrected chi connectivity index (χ3v) is 6.62. The topological polar surface area (TPSA) is 58.6 Å². The number of hydrogen-bond donors (Lipinski definition) is 0. The minimum atomic E-state index is -0.0778. The van der Waals surface area contributed by atoms with Gasteiger partial charge in [0.05, 0.1) is 7.11 Å². The van der Waals surface area contributed by atoms with Crippen molar-refractivity contribution in [3.63, 3.8) is 0 Å². The summed E-state index contributed by atoms with van der Waals surface area (Å²) in [6, 6.07) is 7.91. The lowest BCUT2D eigenvalue weighted by molar-refractivity contribution is -0.133. The first-order valence-corrected chi connectivity index (χ1v) is 10.9. The second-order valence-electron chi connectivity index (χ2n) is 7.88. The van der Waals surface area contributed by atoms with Crippen LogP contribution in [0.15, 0.2) is 24.3 Å².